The highest BCUT2D eigenvalue weighted by Gasteiger charge is 2.31. The molecular formula is C30H40F2N4O4. The minimum atomic E-state index is -1.10. The van der Waals surface area contributed by atoms with Gasteiger partial charge in [0, 0.05) is 25.7 Å². The lowest BCUT2D eigenvalue weighted by Crippen LogP contribution is -2.57. The summed E-state index contributed by atoms with van der Waals surface area (Å²) < 4.78 is 27.7. The first-order valence-corrected chi connectivity index (χ1v) is 13.9. The maximum atomic E-state index is 13.8. The van der Waals surface area contributed by atoms with Crippen molar-refractivity contribution in [3.05, 3.63) is 70.8 Å². The normalized spacial score (nSPS) is 15.3. The van der Waals surface area contributed by atoms with Gasteiger partial charge in [0.05, 0.1) is 18.7 Å². The molecule has 1 fully saturated rings. The molecule has 0 aromatic heterocycles. The minimum Gasteiger partial charge on any atom is -0.390 e. The predicted molar refractivity (Wildman–Crippen MR) is 148 cm³/mol. The van der Waals surface area contributed by atoms with Crippen molar-refractivity contribution in [1.29, 1.82) is 0 Å². The molecule has 1 heterocycles. The van der Waals surface area contributed by atoms with Gasteiger partial charge in [0.2, 0.25) is 17.7 Å². The highest BCUT2D eigenvalue weighted by Crippen LogP contribution is 2.13. The van der Waals surface area contributed by atoms with E-state index < -0.39 is 29.7 Å². The quantitative estimate of drug-likeness (QED) is 0.292. The number of piperazine rings is 1. The van der Waals surface area contributed by atoms with Crippen LogP contribution in [0.25, 0.3) is 0 Å². The summed E-state index contributed by atoms with van der Waals surface area (Å²) in [5, 5.41) is 16.9. The van der Waals surface area contributed by atoms with Crippen molar-refractivity contribution in [3.63, 3.8) is 0 Å². The number of aryl methyl sites for hydroxylation is 1. The monoisotopic (exact) mass is 558 g/mol. The van der Waals surface area contributed by atoms with Crippen LogP contribution >= 0.6 is 0 Å². The van der Waals surface area contributed by atoms with Crippen molar-refractivity contribution in [2.45, 2.75) is 64.6 Å². The number of rotatable bonds is 15. The average molecular weight is 559 g/mol. The summed E-state index contributed by atoms with van der Waals surface area (Å²) in [7, 11) is 0. The topological polar surface area (TPSA) is 102 Å². The maximum absolute atomic E-state index is 13.8. The van der Waals surface area contributed by atoms with E-state index in [2.05, 4.69) is 30.5 Å². The molecule has 3 rings (SSSR count). The molecule has 10 heteroatoms. The molecule has 1 aliphatic rings. The van der Waals surface area contributed by atoms with Gasteiger partial charge in [-0.3, -0.25) is 14.4 Å². The Bertz CT molecular complexity index is 1140. The molecule has 0 saturated carbocycles. The molecule has 2 aromatic carbocycles. The van der Waals surface area contributed by atoms with Crippen LogP contribution in [0.2, 0.25) is 0 Å². The largest absolute Gasteiger partial charge is 0.390 e. The second kappa shape index (κ2) is 15.4. The fourth-order valence-electron chi connectivity index (χ4n) is 4.76. The van der Waals surface area contributed by atoms with Crippen molar-refractivity contribution >= 4 is 17.7 Å². The van der Waals surface area contributed by atoms with Gasteiger partial charge >= 0.3 is 0 Å². The number of halogens is 2. The average Bonchev–Trinajstić information content (AvgIpc) is 2.90. The first kappa shape index (κ1) is 31.2. The number of aliphatic hydroxyl groups excluding tert-OH is 1. The molecule has 8 nitrogen and oxygen atoms in total. The standard InChI is InChI=1S/C30H40F2N4O4/c1-3-5-6-10-35-19-30(40)36(20-29(35)39)18-28(38)34-26(14-23-12-24(31)15-25(32)13-23)27(37)17-33-16-22-9-7-8-21(4-2)11-22/h7-9,11-13,15,26-27,33,37H,3-6,10,14,16-20H2,1-2H3,(H,34,38)/t26-,27+/m0/s1. The van der Waals surface area contributed by atoms with Crippen molar-refractivity contribution in [1.82, 2.24) is 20.4 Å². The molecule has 3 amide bonds. The van der Waals surface area contributed by atoms with Crippen LogP contribution < -0.4 is 10.6 Å². The first-order valence-electron chi connectivity index (χ1n) is 13.9. The lowest BCUT2D eigenvalue weighted by molar-refractivity contribution is -0.151. The second-order valence-corrected chi connectivity index (χ2v) is 10.3. The van der Waals surface area contributed by atoms with Crippen LogP contribution in [0.1, 0.15) is 49.8 Å². The lowest BCUT2D eigenvalue weighted by Gasteiger charge is -2.34. The van der Waals surface area contributed by atoms with E-state index in [-0.39, 0.29) is 50.0 Å². The van der Waals surface area contributed by atoms with Crippen LogP contribution in [0.5, 0.6) is 0 Å². The van der Waals surface area contributed by atoms with Crippen LogP contribution in [-0.4, -0.2) is 77.5 Å². The molecule has 218 valence electrons. The molecule has 3 N–H and O–H groups in total. The Morgan fingerprint density at radius 3 is 2.33 bits per heavy atom. The Labute approximate surface area is 234 Å². The fraction of sp³-hybridized carbons (Fsp3) is 0.500. The van der Waals surface area contributed by atoms with Gasteiger partial charge < -0.3 is 25.5 Å². The van der Waals surface area contributed by atoms with Gasteiger partial charge in [-0.2, -0.15) is 0 Å². The number of carbonyl (C=O) groups is 3. The Morgan fingerprint density at radius 2 is 1.62 bits per heavy atom. The highest BCUT2D eigenvalue weighted by atomic mass is 19.1. The van der Waals surface area contributed by atoms with E-state index in [0.717, 1.165) is 49.4 Å². The third-order valence-electron chi connectivity index (χ3n) is 6.99. The number of benzene rings is 2. The third kappa shape index (κ3) is 9.67. The van der Waals surface area contributed by atoms with E-state index in [9.17, 15) is 28.3 Å². The van der Waals surface area contributed by atoms with Crippen LogP contribution in [0.4, 0.5) is 8.78 Å². The lowest BCUT2D eigenvalue weighted by atomic mass is 10.0. The fourth-order valence-corrected chi connectivity index (χ4v) is 4.76. The number of nitrogens with one attached hydrogen (secondary N) is 2. The van der Waals surface area contributed by atoms with Gasteiger partial charge in [0.25, 0.3) is 0 Å². The van der Waals surface area contributed by atoms with Crippen LogP contribution in [0.15, 0.2) is 42.5 Å². The maximum Gasteiger partial charge on any atom is 0.243 e. The SMILES string of the molecule is CCCCCN1CC(=O)N(CC(=O)N[C@@H](Cc2cc(F)cc(F)c2)[C@H](O)CNCc2cccc(CC)c2)CC1=O. The molecule has 40 heavy (non-hydrogen) atoms. The number of carbonyl (C=O) groups excluding carboxylic acids is 3. The Morgan fingerprint density at radius 1 is 0.950 bits per heavy atom. The molecule has 0 aliphatic carbocycles. The first-order chi connectivity index (χ1) is 19.2. The number of nitrogens with zero attached hydrogens (tertiary/aromatic N) is 2. The molecular weight excluding hydrogens is 518 g/mol. The molecule has 2 aromatic rings. The van der Waals surface area contributed by atoms with E-state index in [4.69, 9.17) is 0 Å². The predicted octanol–water partition coefficient (Wildman–Crippen LogP) is 2.57. The number of hydrogen-bond donors (Lipinski definition) is 3. The number of hydrogen-bond acceptors (Lipinski definition) is 5. The molecule has 1 saturated heterocycles. The van der Waals surface area contributed by atoms with E-state index in [0.29, 0.717) is 13.1 Å². The summed E-state index contributed by atoms with van der Waals surface area (Å²) in [4.78, 5) is 40.8. The van der Waals surface area contributed by atoms with Crippen molar-refractivity contribution in [2.24, 2.45) is 0 Å². The summed E-state index contributed by atoms with van der Waals surface area (Å²) in [6.45, 7) is 4.59. The number of aliphatic hydroxyl groups is 1. The van der Waals surface area contributed by atoms with Gasteiger partial charge in [-0.15, -0.1) is 0 Å². The highest BCUT2D eigenvalue weighted by molar-refractivity contribution is 5.95. The van der Waals surface area contributed by atoms with Gasteiger partial charge in [-0.1, -0.05) is 51.0 Å². The molecule has 0 radical (unpaired) electrons. The summed E-state index contributed by atoms with van der Waals surface area (Å²) in [6, 6.07) is 10.2. The molecule has 0 bridgehead atoms. The van der Waals surface area contributed by atoms with Gasteiger partial charge in [0.15, 0.2) is 0 Å². The van der Waals surface area contributed by atoms with Crippen LogP contribution in [-0.2, 0) is 33.8 Å². The van der Waals surface area contributed by atoms with Crippen molar-refractivity contribution in [2.75, 3.05) is 32.7 Å². The van der Waals surface area contributed by atoms with Gasteiger partial charge in [-0.05, 0) is 48.1 Å². The van der Waals surface area contributed by atoms with E-state index in [1.165, 1.54) is 15.4 Å². The third-order valence-corrected chi connectivity index (χ3v) is 6.99. The summed E-state index contributed by atoms with van der Waals surface area (Å²) in [6.07, 6.45) is 2.54. The Hall–Kier alpha value is -3.37. The van der Waals surface area contributed by atoms with Crippen LogP contribution in [0, 0.1) is 11.6 Å². The zero-order valence-electron chi connectivity index (χ0n) is 23.3. The Kier molecular flexibility index (Phi) is 12.0. The van der Waals surface area contributed by atoms with E-state index >= 15 is 0 Å². The second-order valence-electron chi connectivity index (χ2n) is 10.3. The van der Waals surface area contributed by atoms with Gasteiger partial charge in [0.1, 0.15) is 24.7 Å². The number of unbranched alkanes of at least 4 members (excludes halogenated alkanes) is 2. The zero-order chi connectivity index (χ0) is 29.1. The van der Waals surface area contributed by atoms with E-state index in [1.54, 1.807) is 0 Å². The molecule has 2 atom stereocenters. The smallest absolute Gasteiger partial charge is 0.243 e. The molecule has 1 aliphatic heterocycles. The zero-order valence-corrected chi connectivity index (χ0v) is 23.3. The molecule has 0 unspecified atom stereocenters. The summed E-state index contributed by atoms with van der Waals surface area (Å²) in [5.74, 6) is -2.64. The summed E-state index contributed by atoms with van der Waals surface area (Å²) >= 11 is 0. The van der Waals surface area contributed by atoms with Crippen molar-refractivity contribution in [3.8, 4) is 0 Å². The van der Waals surface area contributed by atoms with E-state index in [1.807, 2.05) is 18.2 Å². The summed E-state index contributed by atoms with van der Waals surface area (Å²) in [5.41, 5.74) is 2.49. The van der Waals surface area contributed by atoms with Gasteiger partial charge in [-0.25, -0.2) is 8.78 Å². The number of amides is 3. The molecule has 0 spiro atoms. The van der Waals surface area contributed by atoms with Crippen molar-refractivity contribution < 1.29 is 28.3 Å². The minimum absolute atomic E-state index is 0.0350. The van der Waals surface area contributed by atoms with Crippen LogP contribution in [0.3, 0.4) is 0 Å². The Balaban J connectivity index is 1.62.